The zero-order valence-corrected chi connectivity index (χ0v) is 8.44. The Balaban J connectivity index is 3.18. The van der Waals surface area contributed by atoms with Gasteiger partial charge in [-0.15, -0.1) is 0 Å². The summed E-state index contributed by atoms with van der Waals surface area (Å²) in [5.41, 5.74) is 2.07. The topological polar surface area (TPSA) is 25.8 Å². The molecule has 0 saturated carbocycles. The molecule has 0 spiro atoms. The van der Waals surface area contributed by atoms with Crippen LogP contribution in [0.3, 0.4) is 0 Å². The molecule has 3 heteroatoms. The van der Waals surface area contributed by atoms with Crippen molar-refractivity contribution >= 4 is 11.6 Å². The molecule has 0 aromatic carbocycles. The third-order valence-corrected chi connectivity index (χ3v) is 2.19. The van der Waals surface area contributed by atoms with Gasteiger partial charge in [-0.1, -0.05) is 25.4 Å². The Morgan fingerprint density at radius 2 is 1.83 bits per heavy atom. The zero-order valence-electron chi connectivity index (χ0n) is 7.69. The molecule has 12 heavy (non-hydrogen) atoms. The Bertz CT molecular complexity index is 261. The summed E-state index contributed by atoms with van der Waals surface area (Å²) >= 11 is 5.96. The smallest absolute Gasteiger partial charge is 0.136 e. The molecule has 1 rings (SSSR count). The van der Waals surface area contributed by atoms with E-state index in [0.717, 1.165) is 29.9 Å². The van der Waals surface area contributed by atoms with Crippen LogP contribution in [0.25, 0.3) is 0 Å². The highest BCUT2D eigenvalue weighted by Crippen LogP contribution is 2.16. The van der Waals surface area contributed by atoms with E-state index >= 15 is 0 Å². The monoisotopic (exact) mass is 184 g/mol. The van der Waals surface area contributed by atoms with E-state index in [1.165, 1.54) is 0 Å². The van der Waals surface area contributed by atoms with Crippen LogP contribution in [0.2, 0.25) is 5.15 Å². The molecule has 0 amide bonds. The van der Waals surface area contributed by atoms with Gasteiger partial charge in [0.1, 0.15) is 11.0 Å². The van der Waals surface area contributed by atoms with Crippen LogP contribution in [0.5, 0.6) is 0 Å². The maximum atomic E-state index is 5.96. The van der Waals surface area contributed by atoms with Crippen molar-refractivity contribution in [2.75, 3.05) is 0 Å². The predicted molar refractivity (Wildman–Crippen MR) is 50.5 cm³/mol. The van der Waals surface area contributed by atoms with Gasteiger partial charge in [-0.05, 0) is 13.3 Å². The molecule has 1 aromatic heterocycles. The molecule has 66 valence electrons. The van der Waals surface area contributed by atoms with Gasteiger partial charge in [0.2, 0.25) is 0 Å². The number of nitrogens with zero attached hydrogens (tertiary/aromatic N) is 2. The number of aromatic nitrogens is 2. The molecule has 0 fully saturated rings. The van der Waals surface area contributed by atoms with Crippen LogP contribution in [0.4, 0.5) is 0 Å². The second kappa shape index (κ2) is 3.85. The summed E-state index contributed by atoms with van der Waals surface area (Å²) in [4.78, 5) is 8.51. The van der Waals surface area contributed by atoms with Crippen molar-refractivity contribution in [1.29, 1.82) is 0 Å². The van der Waals surface area contributed by atoms with Gasteiger partial charge in [0.05, 0.1) is 0 Å². The molecular formula is C9H13ClN2. The van der Waals surface area contributed by atoms with Crippen LogP contribution in [0.1, 0.15) is 30.9 Å². The maximum Gasteiger partial charge on any atom is 0.136 e. The van der Waals surface area contributed by atoms with Gasteiger partial charge >= 0.3 is 0 Å². The Morgan fingerprint density at radius 3 is 2.25 bits per heavy atom. The minimum absolute atomic E-state index is 0.613. The number of aryl methyl sites for hydroxylation is 2. The van der Waals surface area contributed by atoms with Crippen molar-refractivity contribution in [2.45, 2.75) is 33.6 Å². The van der Waals surface area contributed by atoms with Gasteiger partial charge in [0, 0.05) is 17.7 Å². The van der Waals surface area contributed by atoms with Crippen LogP contribution in [0.15, 0.2) is 0 Å². The van der Waals surface area contributed by atoms with Gasteiger partial charge in [-0.2, -0.15) is 0 Å². The van der Waals surface area contributed by atoms with Gasteiger partial charge in [-0.25, -0.2) is 9.97 Å². The van der Waals surface area contributed by atoms with E-state index in [9.17, 15) is 0 Å². The molecule has 2 nitrogen and oxygen atoms in total. The number of hydrogen-bond acceptors (Lipinski definition) is 2. The molecule has 1 heterocycles. The van der Waals surface area contributed by atoms with Crippen molar-refractivity contribution in [2.24, 2.45) is 0 Å². The minimum atomic E-state index is 0.613. The van der Waals surface area contributed by atoms with E-state index in [0.29, 0.717) is 5.15 Å². The quantitative estimate of drug-likeness (QED) is 0.661. The first-order valence-electron chi connectivity index (χ1n) is 4.20. The van der Waals surface area contributed by atoms with E-state index in [1.807, 2.05) is 13.8 Å². The van der Waals surface area contributed by atoms with E-state index in [-0.39, 0.29) is 0 Å². The average molecular weight is 185 g/mol. The lowest BCUT2D eigenvalue weighted by Crippen LogP contribution is -2.01. The van der Waals surface area contributed by atoms with Crippen molar-refractivity contribution < 1.29 is 0 Å². The summed E-state index contributed by atoms with van der Waals surface area (Å²) in [5.74, 6) is 0.828. The summed E-state index contributed by atoms with van der Waals surface area (Å²) in [6.07, 6.45) is 1.74. The normalized spacial score (nSPS) is 10.3. The third kappa shape index (κ3) is 1.75. The Hall–Kier alpha value is -0.630. The first-order chi connectivity index (χ1) is 5.69. The van der Waals surface area contributed by atoms with E-state index in [4.69, 9.17) is 11.6 Å². The third-order valence-electron chi connectivity index (χ3n) is 1.88. The van der Waals surface area contributed by atoms with Crippen molar-refractivity contribution in [1.82, 2.24) is 9.97 Å². The van der Waals surface area contributed by atoms with E-state index in [1.54, 1.807) is 0 Å². The van der Waals surface area contributed by atoms with Crippen LogP contribution in [0, 0.1) is 6.92 Å². The molecule has 0 aliphatic heterocycles. The van der Waals surface area contributed by atoms with Gasteiger partial charge in [0.25, 0.3) is 0 Å². The Morgan fingerprint density at radius 1 is 1.17 bits per heavy atom. The summed E-state index contributed by atoms with van der Waals surface area (Å²) in [6, 6.07) is 0. The van der Waals surface area contributed by atoms with Crippen LogP contribution in [-0.2, 0) is 12.8 Å². The molecule has 0 atom stereocenters. The van der Waals surface area contributed by atoms with Crippen LogP contribution >= 0.6 is 11.6 Å². The highest BCUT2D eigenvalue weighted by molar-refractivity contribution is 6.30. The van der Waals surface area contributed by atoms with E-state index in [2.05, 4.69) is 16.9 Å². The molecule has 0 aliphatic rings. The lowest BCUT2D eigenvalue weighted by Gasteiger charge is -2.05. The fourth-order valence-electron chi connectivity index (χ4n) is 1.18. The molecule has 1 aromatic rings. The van der Waals surface area contributed by atoms with Gasteiger partial charge < -0.3 is 0 Å². The lowest BCUT2D eigenvalue weighted by molar-refractivity contribution is 0.887. The second-order valence-electron chi connectivity index (χ2n) is 2.70. The average Bonchev–Trinajstić information content (AvgIpc) is 2.03. The lowest BCUT2D eigenvalue weighted by atomic mass is 10.2. The SMILES string of the molecule is CCc1nc(C)c(CC)c(Cl)n1. The molecular weight excluding hydrogens is 172 g/mol. The fraction of sp³-hybridized carbons (Fsp3) is 0.556. The zero-order chi connectivity index (χ0) is 9.14. The summed E-state index contributed by atoms with van der Waals surface area (Å²) in [7, 11) is 0. The second-order valence-corrected chi connectivity index (χ2v) is 3.06. The van der Waals surface area contributed by atoms with Crippen molar-refractivity contribution in [3.63, 3.8) is 0 Å². The van der Waals surface area contributed by atoms with E-state index < -0.39 is 0 Å². The molecule has 0 bridgehead atoms. The summed E-state index contributed by atoms with van der Waals surface area (Å²) in [6.45, 7) is 6.06. The molecule has 0 saturated heterocycles. The summed E-state index contributed by atoms with van der Waals surface area (Å²) < 4.78 is 0. The number of rotatable bonds is 2. The van der Waals surface area contributed by atoms with Crippen molar-refractivity contribution in [3.05, 3.63) is 22.2 Å². The molecule has 0 aliphatic carbocycles. The Labute approximate surface area is 78.0 Å². The van der Waals surface area contributed by atoms with Crippen LogP contribution < -0.4 is 0 Å². The van der Waals surface area contributed by atoms with Gasteiger partial charge in [0.15, 0.2) is 0 Å². The van der Waals surface area contributed by atoms with Gasteiger partial charge in [-0.3, -0.25) is 0 Å². The van der Waals surface area contributed by atoms with Crippen LogP contribution in [-0.4, -0.2) is 9.97 Å². The van der Waals surface area contributed by atoms with Crippen molar-refractivity contribution in [3.8, 4) is 0 Å². The molecule has 0 radical (unpaired) electrons. The number of hydrogen-bond donors (Lipinski definition) is 0. The maximum absolute atomic E-state index is 5.96. The highest BCUT2D eigenvalue weighted by Gasteiger charge is 2.06. The first-order valence-corrected chi connectivity index (χ1v) is 4.58. The fourth-order valence-corrected chi connectivity index (χ4v) is 1.54. The first kappa shape index (κ1) is 9.46. The molecule has 0 unspecified atom stereocenters. The highest BCUT2D eigenvalue weighted by atomic mass is 35.5. The standard InChI is InChI=1S/C9H13ClN2/c1-4-7-6(3)11-8(5-2)12-9(7)10/h4-5H2,1-3H3. The predicted octanol–water partition coefficient (Wildman–Crippen LogP) is 2.56. The largest absolute Gasteiger partial charge is 0.238 e. The minimum Gasteiger partial charge on any atom is -0.238 e. The number of halogens is 1. The Kier molecular flexibility index (Phi) is 3.04. The molecule has 0 N–H and O–H groups in total. The summed E-state index contributed by atoms with van der Waals surface area (Å²) in [5, 5.41) is 0.613.